The van der Waals surface area contributed by atoms with Gasteiger partial charge in [-0.2, -0.15) is 0 Å². The predicted molar refractivity (Wildman–Crippen MR) is 59.0 cm³/mol. The molecule has 16 heavy (non-hydrogen) atoms. The highest BCUT2D eigenvalue weighted by Crippen LogP contribution is 2.19. The lowest BCUT2D eigenvalue weighted by molar-refractivity contribution is -0.137. The van der Waals surface area contributed by atoms with Gasteiger partial charge in [0, 0.05) is 20.2 Å². The molecule has 2 heterocycles. The molecule has 0 aromatic carbocycles. The smallest absolute Gasteiger partial charge is 0.227 e. The van der Waals surface area contributed by atoms with Crippen molar-refractivity contribution >= 4 is 5.91 Å². The van der Waals surface area contributed by atoms with Gasteiger partial charge in [0.1, 0.15) is 0 Å². The summed E-state index contributed by atoms with van der Waals surface area (Å²) in [4.78, 5) is 13.6. The third-order valence-electron chi connectivity index (χ3n) is 3.41. The summed E-state index contributed by atoms with van der Waals surface area (Å²) in [6.45, 7) is 3.02. The second-order valence-electron chi connectivity index (χ2n) is 4.91. The van der Waals surface area contributed by atoms with Crippen LogP contribution in [0.1, 0.15) is 12.8 Å². The van der Waals surface area contributed by atoms with Gasteiger partial charge in [-0.3, -0.25) is 4.79 Å². The Labute approximate surface area is 95.8 Å². The Balaban J connectivity index is 1.86. The maximum absolute atomic E-state index is 12.0. The molecule has 0 radical (unpaired) electrons. The summed E-state index contributed by atoms with van der Waals surface area (Å²) in [7, 11) is 1.76. The van der Waals surface area contributed by atoms with Crippen LogP contribution in [0.3, 0.4) is 0 Å². The molecular weight excluding hydrogens is 208 g/mol. The van der Waals surface area contributed by atoms with Gasteiger partial charge in [0.05, 0.1) is 24.7 Å². The van der Waals surface area contributed by atoms with E-state index in [9.17, 15) is 9.90 Å². The molecule has 5 heteroatoms. The van der Waals surface area contributed by atoms with Crippen molar-refractivity contribution in [1.29, 1.82) is 0 Å². The van der Waals surface area contributed by atoms with Crippen molar-refractivity contribution in [3.05, 3.63) is 0 Å². The minimum absolute atomic E-state index is 0.0111. The second kappa shape index (κ2) is 4.69. The Morgan fingerprint density at radius 1 is 1.69 bits per heavy atom. The van der Waals surface area contributed by atoms with Crippen molar-refractivity contribution in [3.63, 3.8) is 0 Å². The van der Waals surface area contributed by atoms with E-state index >= 15 is 0 Å². The minimum atomic E-state index is -0.746. The number of β-amino-alcohol motifs (C(OH)–C–C–N with tert-alkyl or cyclic N) is 1. The molecule has 2 aliphatic heterocycles. The Morgan fingerprint density at radius 2 is 2.50 bits per heavy atom. The van der Waals surface area contributed by atoms with E-state index in [1.54, 1.807) is 11.9 Å². The Bertz CT molecular complexity index is 258. The molecule has 0 aromatic rings. The first-order valence-corrected chi connectivity index (χ1v) is 5.87. The molecule has 2 aliphatic rings. The summed E-state index contributed by atoms with van der Waals surface area (Å²) in [6.07, 6.45) is 1.52. The van der Waals surface area contributed by atoms with Crippen molar-refractivity contribution < 1.29 is 14.6 Å². The molecule has 1 amide bonds. The summed E-state index contributed by atoms with van der Waals surface area (Å²) >= 11 is 0. The zero-order chi connectivity index (χ0) is 11.6. The molecule has 2 N–H and O–H groups in total. The summed E-state index contributed by atoms with van der Waals surface area (Å²) in [5.41, 5.74) is -0.746. The monoisotopic (exact) mass is 228 g/mol. The standard InChI is InChI=1S/C11H20N2O3/c1-13(8-11(15)3-4-12-7-11)10(14)9-2-5-16-6-9/h9,12,15H,2-8H2,1H3. The lowest BCUT2D eigenvalue weighted by Crippen LogP contribution is -2.47. The molecule has 2 saturated heterocycles. The molecule has 92 valence electrons. The highest BCUT2D eigenvalue weighted by molar-refractivity contribution is 5.79. The molecule has 0 bridgehead atoms. The van der Waals surface area contributed by atoms with Crippen LogP contribution < -0.4 is 5.32 Å². The third-order valence-corrected chi connectivity index (χ3v) is 3.41. The van der Waals surface area contributed by atoms with E-state index in [-0.39, 0.29) is 11.8 Å². The van der Waals surface area contributed by atoms with Gasteiger partial charge in [-0.15, -0.1) is 0 Å². The molecule has 0 aromatic heterocycles. The quantitative estimate of drug-likeness (QED) is 0.664. The summed E-state index contributed by atoms with van der Waals surface area (Å²) in [6, 6.07) is 0. The first-order chi connectivity index (χ1) is 7.61. The average molecular weight is 228 g/mol. The van der Waals surface area contributed by atoms with E-state index in [0.29, 0.717) is 32.7 Å². The van der Waals surface area contributed by atoms with E-state index < -0.39 is 5.60 Å². The van der Waals surface area contributed by atoms with Crippen LogP contribution in [-0.2, 0) is 9.53 Å². The number of hydrogen-bond donors (Lipinski definition) is 2. The van der Waals surface area contributed by atoms with Gasteiger partial charge in [0.25, 0.3) is 0 Å². The molecule has 0 spiro atoms. The number of nitrogens with one attached hydrogen (secondary N) is 1. The normalized spacial score (nSPS) is 34.2. The van der Waals surface area contributed by atoms with Crippen LogP contribution in [-0.4, -0.2) is 61.4 Å². The number of amides is 1. The number of nitrogens with zero attached hydrogens (tertiary/aromatic N) is 1. The fourth-order valence-corrected chi connectivity index (χ4v) is 2.43. The summed E-state index contributed by atoms with van der Waals surface area (Å²) in [5, 5.41) is 13.3. The van der Waals surface area contributed by atoms with Gasteiger partial charge in [-0.1, -0.05) is 0 Å². The Kier molecular flexibility index (Phi) is 3.47. The molecule has 2 rings (SSSR count). The van der Waals surface area contributed by atoms with Gasteiger partial charge in [0.2, 0.25) is 5.91 Å². The maximum Gasteiger partial charge on any atom is 0.227 e. The van der Waals surface area contributed by atoms with Gasteiger partial charge in [0.15, 0.2) is 0 Å². The Morgan fingerprint density at radius 3 is 3.06 bits per heavy atom. The number of carbonyl (C=O) groups excluding carboxylic acids is 1. The average Bonchev–Trinajstić information content (AvgIpc) is 2.87. The lowest BCUT2D eigenvalue weighted by atomic mass is 10.0. The van der Waals surface area contributed by atoms with Crippen molar-refractivity contribution in [2.24, 2.45) is 5.92 Å². The second-order valence-corrected chi connectivity index (χ2v) is 4.91. The van der Waals surface area contributed by atoms with Crippen molar-refractivity contribution in [1.82, 2.24) is 10.2 Å². The number of hydrogen-bond acceptors (Lipinski definition) is 4. The molecule has 0 saturated carbocycles. The first-order valence-electron chi connectivity index (χ1n) is 5.87. The predicted octanol–water partition coefficient (Wildman–Crippen LogP) is -0.794. The highest BCUT2D eigenvalue weighted by atomic mass is 16.5. The highest BCUT2D eigenvalue weighted by Gasteiger charge is 2.35. The zero-order valence-electron chi connectivity index (χ0n) is 9.74. The third kappa shape index (κ3) is 2.53. The molecule has 2 fully saturated rings. The number of likely N-dealkylation sites (N-methyl/N-ethyl adjacent to an activating group) is 1. The molecule has 5 nitrogen and oxygen atoms in total. The number of ether oxygens (including phenoxy) is 1. The Hall–Kier alpha value is -0.650. The molecule has 0 aliphatic carbocycles. The number of aliphatic hydroxyl groups is 1. The van der Waals surface area contributed by atoms with Crippen molar-refractivity contribution in [3.8, 4) is 0 Å². The van der Waals surface area contributed by atoms with Crippen LogP contribution in [0, 0.1) is 5.92 Å². The zero-order valence-corrected chi connectivity index (χ0v) is 9.74. The van der Waals surface area contributed by atoms with Crippen molar-refractivity contribution in [2.45, 2.75) is 18.4 Å². The topological polar surface area (TPSA) is 61.8 Å². The maximum atomic E-state index is 12.0. The number of carbonyl (C=O) groups is 1. The summed E-state index contributed by atoms with van der Waals surface area (Å²) in [5.74, 6) is 0.0841. The van der Waals surface area contributed by atoms with Crippen LogP contribution >= 0.6 is 0 Å². The van der Waals surface area contributed by atoms with Crippen LogP contribution in [0.2, 0.25) is 0 Å². The van der Waals surface area contributed by atoms with Crippen molar-refractivity contribution in [2.75, 3.05) is 39.9 Å². The van der Waals surface area contributed by atoms with Gasteiger partial charge < -0.3 is 20.1 Å². The number of rotatable bonds is 3. The lowest BCUT2D eigenvalue weighted by Gasteiger charge is -2.29. The van der Waals surface area contributed by atoms with E-state index in [1.807, 2.05) is 0 Å². The SMILES string of the molecule is CN(CC1(O)CCNC1)C(=O)C1CCOC1. The molecule has 2 atom stereocenters. The van der Waals surface area contributed by atoms with E-state index in [2.05, 4.69) is 5.32 Å². The van der Waals surface area contributed by atoms with E-state index in [1.165, 1.54) is 0 Å². The van der Waals surface area contributed by atoms with Gasteiger partial charge in [-0.05, 0) is 19.4 Å². The van der Waals surface area contributed by atoms with E-state index in [4.69, 9.17) is 4.74 Å². The minimum Gasteiger partial charge on any atom is -0.387 e. The van der Waals surface area contributed by atoms with Gasteiger partial charge >= 0.3 is 0 Å². The molecular formula is C11H20N2O3. The van der Waals surface area contributed by atoms with Crippen LogP contribution in [0.5, 0.6) is 0 Å². The van der Waals surface area contributed by atoms with E-state index in [0.717, 1.165) is 13.0 Å². The van der Waals surface area contributed by atoms with Crippen LogP contribution in [0.15, 0.2) is 0 Å². The van der Waals surface area contributed by atoms with Crippen LogP contribution in [0.4, 0.5) is 0 Å². The fraction of sp³-hybridized carbons (Fsp3) is 0.909. The molecule has 2 unspecified atom stereocenters. The van der Waals surface area contributed by atoms with Crippen LogP contribution in [0.25, 0.3) is 0 Å². The first kappa shape index (κ1) is 11.8. The summed E-state index contributed by atoms with van der Waals surface area (Å²) < 4.78 is 5.20. The fourth-order valence-electron chi connectivity index (χ4n) is 2.43. The largest absolute Gasteiger partial charge is 0.387 e. The van der Waals surface area contributed by atoms with Gasteiger partial charge in [-0.25, -0.2) is 0 Å².